The van der Waals surface area contributed by atoms with Gasteiger partial charge in [-0.1, -0.05) is 30.9 Å². The second-order valence-electron chi connectivity index (χ2n) is 7.30. The standard InChI is InChI=1S/C20H26N6O2/c1-28-15-8-9-16-17(12-15)23-19(22-16)10-11-21-20(27)18-13-26(25-24-18)14-6-4-2-3-5-7-14/h8-9,12-14H,2-7,10-11H2,1H3,(H,21,27)(H,22,23). The normalized spacial score (nSPS) is 15.5. The number of imidazole rings is 1. The van der Waals surface area contributed by atoms with Crippen molar-refractivity contribution >= 4 is 16.9 Å². The summed E-state index contributed by atoms with van der Waals surface area (Å²) in [6, 6.07) is 6.07. The fourth-order valence-electron chi connectivity index (χ4n) is 3.75. The molecule has 2 heterocycles. The van der Waals surface area contributed by atoms with Crippen LogP contribution in [0.1, 0.15) is 60.9 Å². The van der Waals surface area contributed by atoms with E-state index < -0.39 is 0 Å². The molecule has 28 heavy (non-hydrogen) atoms. The number of aromatic amines is 1. The Morgan fingerprint density at radius 3 is 2.89 bits per heavy atom. The molecule has 1 saturated carbocycles. The van der Waals surface area contributed by atoms with Crippen molar-refractivity contribution in [1.29, 1.82) is 0 Å². The summed E-state index contributed by atoms with van der Waals surface area (Å²) in [6.07, 6.45) is 9.62. The highest BCUT2D eigenvalue weighted by molar-refractivity contribution is 5.91. The Hall–Kier alpha value is -2.90. The monoisotopic (exact) mass is 382 g/mol. The van der Waals surface area contributed by atoms with E-state index in [0.29, 0.717) is 24.7 Å². The summed E-state index contributed by atoms with van der Waals surface area (Å²) in [7, 11) is 1.64. The Labute approximate surface area is 163 Å². The van der Waals surface area contributed by atoms with E-state index in [9.17, 15) is 4.79 Å². The first-order chi connectivity index (χ1) is 13.7. The molecule has 1 fully saturated rings. The number of nitrogens with one attached hydrogen (secondary N) is 2. The number of rotatable bonds is 6. The molecular formula is C20H26N6O2. The van der Waals surface area contributed by atoms with E-state index in [-0.39, 0.29) is 5.91 Å². The van der Waals surface area contributed by atoms with E-state index in [2.05, 4.69) is 25.6 Å². The third-order valence-corrected chi connectivity index (χ3v) is 5.33. The molecular weight excluding hydrogens is 356 g/mol. The number of fused-ring (bicyclic) bond motifs is 1. The summed E-state index contributed by atoms with van der Waals surface area (Å²) < 4.78 is 7.09. The molecule has 1 aromatic carbocycles. The Bertz CT molecular complexity index is 939. The minimum absolute atomic E-state index is 0.197. The molecule has 1 amide bonds. The number of nitrogens with zero attached hydrogens (tertiary/aromatic N) is 4. The largest absolute Gasteiger partial charge is 0.497 e. The third-order valence-electron chi connectivity index (χ3n) is 5.33. The van der Waals surface area contributed by atoms with Gasteiger partial charge in [-0.3, -0.25) is 4.79 Å². The first kappa shape index (κ1) is 18.5. The molecule has 0 radical (unpaired) electrons. The lowest BCUT2D eigenvalue weighted by molar-refractivity contribution is 0.0949. The van der Waals surface area contributed by atoms with Crippen molar-refractivity contribution in [2.75, 3.05) is 13.7 Å². The lowest BCUT2D eigenvalue weighted by Crippen LogP contribution is -2.26. The minimum Gasteiger partial charge on any atom is -0.497 e. The van der Waals surface area contributed by atoms with Gasteiger partial charge in [-0.25, -0.2) is 9.67 Å². The van der Waals surface area contributed by atoms with Crippen molar-refractivity contribution in [2.45, 2.75) is 51.0 Å². The molecule has 0 atom stereocenters. The van der Waals surface area contributed by atoms with Crippen molar-refractivity contribution in [3.63, 3.8) is 0 Å². The number of benzene rings is 1. The number of aromatic nitrogens is 5. The lowest BCUT2D eigenvalue weighted by atomic mass is 10.1. The molecule has 4 rings (SSSR count). The van der Waals surface area contributed by atoms with Crippen LogP contribution in [0.5, 0.6) is 5.75 Å². The first-order valence-corrected chi connectivity index (χ1v) is 9.95. The fraction of sp³-hybridized carbons (Fsp3) is 0.500. The number of carbonyl (C=O) groups is 1. The first-order valence-electron chi connectivity index (χ1n) is 9.95. The molecule has 0 aliphatic heterocycles. The Morgan fingerprint density at radius 1 is 1.29 bits per heavy atom. The van der Waals surface area contributed by atoms with E-state index in [0.717, 1.165) is 35.4 Å². The third kappa shape index (κ3) is 4.16. The molecule has 8 nitrogen and oxygen atoms in total. The minimum atomic E-state index is -0.197. The van der Waals surface area contributed by atoms with Gasteiger partial charge in [0.1, 0.15) is 11.6 Å². The maximum atomic E-state index is 12.4. The van der Waals surface area contributed by atoms with E-state index >= 15 is 0 Å². The maximum Gasteiger partial charge on any atom is 0.273 e. The SMILES string of the molecule is COc1ccc2nc(CCNC(=O)c3cn(C4CCCCCC4)nn3)[nH]c2c1. The predicted molar refractivity (Wildman–Crippen MR) is 105 cm³/mol. The number of carbonyl (C=O) groups excluding carboxylic acids is 1. The number of H-pyrrole nitrogens is 1. The molecule has 3 aromatic rings. The summed E-state index contributed by atoms with van der Waals surface area (Å²) in [5.41, 5.74) is 2.18. The summed E-state index contributed by atoms with van der Waals surface area (Å²) in [4.78, 5) is 20.2. The van der Waals surface area contributed by atoms with Gasteiger partial charge in [0.15, 0.2) is 5.69 Å². The van der Waals surface area contributed by atoms with E-state index in [4.69, 9.17) is 4.74 Å². The number of methoxy groups -OCH3 is 1. The van der Waals surface area contributed by atoms with Gasteiger partial charge in [0.2, 0.25) is 0 Å². The molecule has 0 bridgehead atoms. The van der Waals surface area contributed by atoms with E-state index in [1.165, 1.54) is 25.7 Å². The zero-order valence-corrected chi connectivity index (χ0v) is 16.1. The quantitative estimate of drug-likeness (QED) is 0.639. The van der Waals surface area contributed by atoms with Crippen LogP contribution in [0.25, 0.3) is 11.0 Å². The van der Waals surface area contributed by atoms with Gasteiger partial charge in [-0.2, -0.15) is 0 Å². The van der Waals surface area contributed by atoms with Crippen molar-refractivity contribution in [3.8, 4) is 5.75 Å². The fourth-order valence-corrected chi connectivity index (χ4v) is 3.75. The molecule has 148 valence electrons. The van der Waals surface area contributed by atoms with Crippen LogP contribution in [0.4, 0.5) is 0 Å². The lowest BCUT2D eigenvalue weighted by Gasteiger charge is -2.12. The van der Waals surface area contributed by atoms with E-state index in [1.807, 2.05) is 22.9 Å². The summed E-state index contributed by atoms with van der Waals surface area (Å²) in [5.74, 6) is 1.41. The highest BCUT2D eigenvalue weighted by Gasteiger charge is 2.18. The number of hydrogen-bond acceptors (Lipinski definition) is 5. The van der Waals surface area contributed by atoms with E-state index in [1.54, 1.807) is 13.3 Å². The molecule has 2 N–H and O–H groups in total. The smallest absolute Gasteiger partial charge is 0.273 e. The number of amides is 1. The average molecular weight is 382 g/mol. The van der Waals surface area contributed by atoms with Gasteiger partial charge < -0.3 is 15.0 Å². The van der Waals surface area contributed by atoms with Gasteiger partial charge in [-0.15, -0.1) is 5.10 Å². The molecule has 2 aromatic heterocycles. The Kier molecular flexibility index (Phi) is 5.55. The van der Waals surface area contributed by atoms with Crippen LogP contribution in [-0.4, -0.2) is 44.5 Å². The second kappa shape index (κ2) is 8.41. The molecule has 1 aliphatic rings. The topological polar surface area (TPSA) is 97.7 Å². The Morgan fingerprint density at radius 2 is 2.11 bits per heavy atom. The van der Waals surface area contributed by atoms with Gasteiger partial charge in [0.25, 0.3) is 5.91 Å². The second-order valence-corrected chi connectivity index (χ2v) is 7.30. The van der Waals surface area contributed by atoms with Crippen LogP contribution in [0, 0.1) is 0 Å². The van der Waals surface area contributed by atoms with Gasteiger partial charge >= 0.3 is 0 Å². The zero-order chi connectivity index (χ0) is 19.3. The van der Waals surface area contributed by atoms with Crippen LogP contribution in [0.2, 0.25) is 0 Å². The summed E-state index contributed by atoms with van der Waals surface area (Å²) in [6.45, 7) is 0.478. The van der Waals surface area contributed by atoms with Gasteiger partial charge in [0, 0.05) is 19.0 Å². The van der Waals surface area contributed by atoms with Crippen LogP contribution < -0.4 is 10.1 Å². The summed E-state index contributed by atoms with van der Waals surface area (Å²) >= 11 is 0. The van der Waals surface area contributed by atoms with Crippen molar-refractivity contribution in [3.05, 3.63) is 35.9 Å². The number of hydrogen-bond donors (Lipinski definition) is 2. The van der Waals surface area contributed by atoms with Crippen LogP contribution in [0.15, 0.2) is 24.4 Å². The molecule has 8 heteroatoms. The van der Waals surface area contributed by atoms with Crippen molar-refractivity contribution in [1.82, 2.24) is 30.3 Å². The van der Waals surface area contributed by atoms with Crippen LogP contribution in [-0.2, 0) is 6.42 Å². The highest BCUT2D eigenvalue weighted by Crippen LogP contribution is 2.26. The molecule has 0 unspecified atom stereocenters. The van der Waals surface area contributed by atoms with Crippen LogP contribution in [0.3, 0.4) is 0 Å². The summed E-state index contributed by atoms with van der Waals surface area (Å²) in [5, 5.41) is 11.2. The van der Waals surface area contributed by atoms with Crippen molar-refractivity contribution < 1.29 is 9.53 Å². The van der Waals surface area contributed by atoms with Crippen LogP contribution >= 0.6 is 0 Å². The highest BCUT2D eigenvalue weighted by atomic mass is 16.5. The van der Waals surface area contributed by atoms with Gasteiger partial charge in [-0.05, 0) is 25.0 Å². The molecule has 0 saturated heterocycles. The molecule has 0 spiro atoms. The zero-order valence-electron chi connectivity index (χ0n) is 16.1. The predicted octanol–water partition coefficient (Wildman–Crippen LogP) is 3.03. The van der Waals surface area contributed by atoms with Crippen molar-refractivity contribution in [2.24, 2.45) is 0 Å². The maximum absolute atomic E-state index is 12.4. The number of ether oxygens (including phenoxy) is 1. The Balaban J connectivity index is 1.32. The van der Waals surface area contributed by atoms with Gasteiger partial charge in [0.05, 0.1) is 30.4 Å². The average Bonchev–Trinajstić information content (AvgIpc) is 3.27. The molecule has 1 aliphatic carbocycles.